The average Bonchev–Trinajstić information content (AvgIpc) is 3.44. The highest BCUT2D eigenvalue weighted by molar-refractivity contribution is 5.84. The smallest absolute Gasteiger partial charge is 0.417 e. The zero-order valence-corrected chi connectivity index (χ0v) is 18.5. The van der Waals surface area contributed by atoms with Gasteiger partial charge in [0.25, 0.3) is 5.91 Å². The molecule has 0 spiro atoms. The number of nitrogens with zero attached hydrogens (tertiary/aromatic N) is 5. The van der Waals surface area contributed by atoms with E-state index in [0.29, 0.717) is 5.69 Å². The number of aryl methyl sites for hydroxylation is 3. The van der Waals surface area contributed by atoms with E-state index in [4.69, 9.17) is 4.74 Å². The minimum atomic E-state index is -4.60. The van der Waals surface area contributed by atoms with Crippen molar-refractivity contribution in [3.63, 3.8) is 0 Å². The number of carbonyl (C=O) groups excluding carboxylic acids is 1. The number of halogens is 3. The van der Waals surface area contributed by atoms with Gasteiger partial charge >= 0.3 is 6.18 Å². The molecule has 0 bridgehead atoms. The van der Waals surface area contributed by atoms with Gasteiger partial charge in [-0.1, -0.05) is 0 Å². The summed E-state index contributed by atoms with van der Waals surface area (Å²) in [5, 5.41) is 11.4. The number of rotatable bonds is 6. The Morgan fingerprint density at radius 1 is 1.25 bits per heavy atom. The molecule has 1 saturated carbocycles. The normalized spacial score (nSPS) is 15.2. The lowest BCUT2D eigenvalue weighted by Gasteiger charge is -2.16. The van der Waals surface area contributed by atoms with Crippen LogP contribution in [0.25, 0.3) is 11.0 Å². The number of alkyl halides is 3. The lowest BCUT2D eigenvalue weighted by molar-refractivity contribution is -0.136. The number of fused-ring (bicyclic) bond motifs is 1. The van der Waals surface area contributed by atoms with E-state index in [1.807, 2.05) is 27.8 Å². The summed E-state index contributed by atoms with van der Waals surface area (Å²) in [6, 6.07) is 0.515. The maximum atomic E-state index is 13.8. The molecule has 1 fully saturated rings. The molecule has 32 heavy (non-hydrogen) atoms. The van der Waals surface area contributed by atoms with Gasteiger partial charge in [-0.05, 0) is 33.6 Å². The zero-order chi connectivity index (χ0) is 23.4. The molecule has 8 nitrogen and oxygen atoms in total. The molecule has 0 aliphatic heterocycles. The van der Waals surface area contributed by atoms with Crippen LogP contribution < -0.4 is 10.1 Å². The quantitative estimate of drug-likeness (QED) is 0.622. The fourth-order valence-corrected chi connectivity index (χ4v) is 4.11. The predicted octanol–water partition coefficient (Wildman–Crippen LogP) is 3.47. The molecule has 11 heteroatoms. The minimum absolute atomic E-state index is 0.00968. The maximum absolute atomic E-state index is 13.8. The van der Waals surface area contributed by atoms with Crippen LogP contribution in [0.2, 0.25) is 0 Å². The van der Waals surface area contributed by atoms with Gasteiger partial charge in [-0.3, -0.25) is 14.2 Å². The van der Waals surface area contributed by atoms with E-state index in [9.17, 15) is 18.0 Å². The van der Waals surface area contributed by atoms with Gasteiger partial charge in [-0.2, -0.15) is 28.4 Å². The van der Waals surface area contributed by atoms with Gasteiger partial charge in [0.1, 0.15) is 0 Å². The molecule has 1 aliphatic rings. The SMILES string of the molecule is Cc1nn(C)c(C)c1C(C)NC(=O)COc1cc(C(F)(F)F)c2c(C3CC3)nn(C)c2n1. The lowest BCUT2D eigenvalue weighted by atomic mass is 10.1. The van der Waals surface area contributed by atoms with Gasteiger partial charge < -0.3 is 10.1 Å². The van der Waals surface area contributed by atoms with Crippen molar-refractivity contribution in [1.29, 1.82) is 0 Å². The summed E-state index contributed by atoms with van der Waals surface area (Å²) < 4.78 is 49.8. The fraction of sp³-hybridized carbons (Fsp3) is 0.524. The van der Waals surface area contributed by atoms with Crippen LogP contribution in [0.15, 0.2) is 6.07 Å². The van der Waals surface area contributed by atoms with E-state index in [0.717, 1.165) is 35.9 Å². The average molecular weight is 450 g/mol. The summed E-state index contributed by atoms with van der Waals surface area (Å²) in [6.45, 7) is 5.10. The minimum Gasteiger partial charge on any atom is -0.467 e. The first kappa shape index (κ1) is 22.1. The van der Waals surface area contributed by atoms with E-state index in [-0.39, 0.29) is 28.9 Å². The van der Waals surface area contributed by atoms with Crippen molar-refractivity contribution in [3.8, 4) is 5.88 Å². The van der Waals surface area contributed by atoms with E-state index in [1.54, 1.807) is 11.7 Å². The van der Waals surface area contributed by atoms with Crippen molar-refractivity contribution in [1.82, 2.24) is 29.9 Å². The van der Waals surface area contributed by atoms with Crippen LogP contribution in [0, 0.1) is 13.8 Å². The van der Waals surface area contributed by atoms with Gasteiger partial charge in [-0.15, -0.1) is 0 Å². The van der Waals surface area contributed by atoms with Gasteiger partial charge in [-0.25, -0.2) is 0 Å². The number of carbonyl (C=O) groups is 1. The topological polar surface area (TPSA) is 86.9 Å². The summed E-state index contributed by atoms with van der Waals surface area (Å²) in [4.78, 5) is 16.6. The molecule has 1 amide bonds. The van der Waals surface area contributed by atoms with E-state index in [2.05, 4.69) is 20.5 Å². The largest absolute Gasteiger partial charge is 0.467 e. The Bertz CT molecular complexity index is 1190. The Hall–Kier alpha value is -3.11. The summed E-state index contributed by atoms with van der Waals surface area (Å²) in [6.07, 6.45) is -2.97. The Morgan fingerprint density at radius 3 is 2.50 bits per heavy atom. The highest BCUT2D eigenvalue weighted by Gasteiger charge is 2.39. The summed E-state index contributed by atoms with van der Waals surface area (Å²) in [7, 11) is 3.37. The molecule has 3 aromatic rings. The Morgan fingerprint density at radius 2 is 1.94 bits per heavy atom. The van der Waals surface area contributed by atoms with Crippen molar-refractivity contribution >= 4 is 16.9 Å². The Kier molecular flexibility index (Phi) is 5.38. The Labute approximate surface area is 182 Å². The number of amides is 1. The van der Waals surface area contributed by atoms with Crippen molar-refractivity contribution in [2.24, 2.45) is 14.1 Å². The molecule has 1 unspecified atom stereocenters. The van der Waals surface area contributed by atoms with Crippen LogP contribution >= 0.6 is 0 Å². The predicted molar refractivity (Wildman–Crippen MR) is 110 cm³/mol. The number of nitrogens with one attached hydrogen (secondary N) is 1. The third-order valence-electron chi connectivity index (χ3n) is 5.79. The zero-order valence-electron chi connectivity index (χ0n) is 18.5. The highest BCUT2D eigenvalue weighted by Crippen LogP contribution is 2.46. The molecule has 1 aliphatic carbocycles. The molecule has 172 valence electrons. The fourth-order valence-electron chi connectivity index (χ4n) is 4.11. The van der Waals surface area contributed by atoms with Crippen LogP contribution in [-0.2, 0) is 25.1 Å². The number of pyridine rings is 1. The second kappa shape index (κ2) is 7.79. The monoisotopic (exact) mass is 450 g/mol. The van der Waals surface area contributed by atoms with Gasteiger partial charge in [0.2, 0.25) is 5.88 Å². The van der Waals surface area contributed by atoms with Crippen molar-refractivity contribution in [2.75, 3.05) is 6.61 Å². The second-order valence-electron chi connectivity index (χ2n) is 8.27. The van der Waals surface area contributed by atoms with Crippen molar-refractivity contribution in [2.45, 2.75) is 51.7 Å². The number of ether oxygens (including phenoxy) is 1. The molecule has 0 aromatic carbocycles. The van der Waals surface area contributed by atoms with Crippen LogP contribution in [0.4, 0.5) is 13.2 Å². The van der Waals surface area contributed by atoms with Crippen LogP contribution in [0.5, 0.6) is 5.88 Å². The first-order valence-corrected chi connectivity index (χ1v) is 10.3. The first-order chi connectivity index (χ1) is 15.0. The summed E-state index contributed by atoms with van der Waals surface area (Å²) in [5.41, 5.74) is 2.27. The molecular weight excluding hydrogens is 425 g/mol. The molecule has 3 aromatic heterocycles. The summed E-state index contributed by atoms with van der Waals surface area (Å²) in [5.74, 6) is -0.717. The highest BCUT2D eigenvalue weighted by atomic mass is 19.4. The van der Waals surface area contributed by atoms with Gasteiger partial charge in [0, 0.05) is 37.3 Å². The van der Waals surface area contributed by atoms with E-state index < -0.39 is 24.3 Å². The second-order valence-corrected chi connectivity index (χ2v) is 8.27. The molecule has 1 N–H and O–H groups in total. The molecule has 0 saturated heterocycles. The summed E-state index contributed by atoms with van der Waals surface area (Å²) >= 11 is 0. The molecule has 1 atom stereocenters. The maximum Gasteiger partial charge on any atom is 0.417 e. The van der Waals surface area contributed by atoms with E-state index in [1.165, 1.54) is 4.68 Å². The van der Waals surface area contributed by atoms with E-state index >= 15 is 0 Å². The van der Waals surface area contributed by atoms with Crippen LogP contribution in [-0.4, -0.2) is 37.1 Å². The van der Waals surface area contributed by atoms with Crippen LogP contribution in [0.1, 0.15) is 59.9 Å². The number of aromatic nitrogens is 5. The van der Waals surface area contributed by atoms with Gasteiger partial charge in [0.05, 0.1) is 28.4 Å². The third kappa shape index (κ3) is 4.03. The van der Waals surface area contributed by atoms with Crippen LogP contribution in [0.3, 0.4) is 0 Å². The lowest BCUT2D eigenvalue weighted by Crippen LogP contribution is -2.32. The van der Waals surface area contributed by atoms with Crippen molar-refractivity contribution in [3.05, 3.63) is 34.3 Å². The first-order valence-electron chi connectivity index (χ1n) is 10.3. The van der Waals surface area contributed by atoms with Gasteiger partial charge in [0.15, 0.2) is 12.3 Å². The molecular formula is C21H25F3N6O2. The molecule has 0 radical (unpaired) electrons. The molecule has 4 rings (SSSR count). The van der Waals surface area contributed by atoms with Crippen molar-refractivity contribution < 1.29 is 22.7 Å². The Balaban J connectivity index is 1.54. The third-order valence-corrected chi connectivity index (χ3v) is 5.79. The number of hydrogen-bond acceptors (Lipinski definition) is 5. The number of hydrogen-bond donors (Lipinski definition) is 1. The standard InChI is InChI=1S/C21H25F3N6O2/c1-10(17-11(2)27-29(4)12(17)3)25-15(31)9-32-16-8-14(21(22,23)24)18-19(13-6-7-13)28-30(5)20(18)26-16/h8,10,13H,6-7,9H2,1-5H3,(H,25,31). The molecule has 3 heterocycles.